The SMILES string of the molecule is CN=C(NC1CC1)NC1COc2cc(F)c(Br)cc21. The van der Waals surface area contributed by atoms with Gasteiger partial charge in [0.2, 0.25) is 0 Å². The molecule has 1 aromatic carbocycles. The van der Waals surface area contributed by atoms with Crippen LogP contribution in [0.5, 0.6) is 5.75 Å². The number of hydrogen-bond acceptors (Lipinski definition) is 2. The van der Waals surface area contributed by atoms with Gasteiger partial charge in [-0.2, -0.15) is 0 Å². The third-order valence-corrected chi connectivity index (χ3v) is 3.89. The molecule has 0 bridgehead atoms. The van der Waals surface area contributed by atoms with E-state index < -0.39 is 0 Å². The normalized spacial score (nSPS) is 21.8. The van der Waals surface area contributed by atoms with Crippen LogP contribution in [0.25, 0.3) is 0 Å². The maximum atomic E-state index is 13.4. The van der Waals surface area contributed by atoms with E-state index in [1.165, 1.54) is 18.9 Å². The summed E-state index contributed by atoms with van der Waals surface area (Å²) >= 11 is 3.21. The minimum atomic E-state index is -0.306. The van der Waals surface area contributed by atoms with E-state index in [-0.39, 0.29) is 11.9 Å². The summed E-state index contributed by atoms with van der Waals surface area (Å²) in [6.07, 6.45) is 2.38. The number of fused-ring (bicyclic) bond motifs is 1. The third-order valence-electron chi connectivity index (χ3n) is 3.29. The minimum absolute atomic E-state index is 0.00292. The van der Waals surface area contributed by atoms with E-state index in [2.05, 4.69) is 31.6 Å². The molecule has 1 fully saturated rings. The molecule has 1 aliphatic carbocycles. The number of benzene rings is 1. The van der Waals surface area contributed by atoms with Gasteiger partial charge in [0.1, 0.15) is 18.2 Å². The Morgan fingerprint density at radius 3 is 2.89 bits per heavy atom. The lowest BCUT2D eigenvalue weighted by Crippen LogP contribution is -2.41. The molecule has 2 aliphatic rings. The van der Waals surface area contributed by atoms with Crippen LogP contribution in [0.15, 0.2) is 21.6 Å². The quantitative estimate of drug-likeness (QED) is 0.647. The van der Waals surface area contributed by atoms with Crippen molar-refractivity contribution in [2.75, 3.05) is 13.7 Å². The van der Waals surface area contributed by atoms with E-state index in [0.717, 1.165) is 11.5 Å². The van der Waals surface area contributed by atoms with Crippen LogP contribution < -0.4 is 15.4 Å². The highest BCUT2D eigenvalue weighted by Gasteiger charge is 2.28. The molecule has 1 saturated carbocycles. The first-order chi connectivity index (χ1) is 9.17. The van der Waals surface area contributed by atoms with Gasteiger partial charge in [-0.15, -0.1) is 0 Å². The Morgan fingerprint density at radius 2 is 2.21 bits per heavy atom. The predicted molar refractivity (Wildman–Crippen MR) is 75.0 cm³/mol. The van der Waals surface area contributed by atoms with E-state index in [4.69, 9.17) is 4.74 Å². The second-order valence-electron chi connectivity index (χ2n) is 4.80. The van der Waals surface area contributed by atoms with Gasteiger partial charge in [0.15, 0.2) is 5.96 Å². The zero-order valence-electron chi connectivity index (χ0n) is 10.5. The number of rotatable bonds is 2. The summed E-state index contributed by atoms with van der Waals surface area (Å²) < 4.78 is 19.4. The molecule has 0 spiro atoms. The lowest BCUT2D eigenvalue weighted by atomic mass is 10.1. The molecule has 3 rings (SSSR count). The molecule has 2 N–H and O–H groups in total. The Bertz CT molecular complexity index is 531. The highest BCUT2D eigenvalue weighted by atomic mass is 79.9. The molecule has 1 heterocycles. The van der Waals surface area contributed by atoms with Crippen molar-refractivity contribution in [2.24, 2.45) is 4.99 Å². The smallest absolute Gasteiger partial charge is 0.191 e. The number of hydrogen-bond donors (Lipinski definition) is 2. The van der Waals surface area contributed by atoms with Gasteiger partial charge in [0.05, 0.1) is 10.5 Å². The summed E-state index contributed by atoms with van der Waals surface area (Å²) in [6.45, 7) is 0.483. The Labute approximate surface area is 119 Å². The van der Waals surface area contributed by atoms with Crippen LogP contribution in [0.2, 0.25) is 0 Å². The van der Waals surface area contributed by atoms with E-state index in [1.807, 2.05) is 0 Å². The highest BCUT2D eigenvalue weighted by Crippen LogP contribution is 2.36. The fourth-order valence-corrected chi connectivity index (χ4v) is 2.44. The van der Waals surface area contributed by atoms with Gasteiger partial charge in [-0.05, 0) is 34.8 Å². The molecule has 4 nitrogen and oxygen atoms in total. The van der Waals surface area contributed by atoms with Crippen molar-refractivity contribution in [3.05, 3.63) is 28.0 Å². The molecule has 1 aromatic rings. The summed E-state index contributed by atoms with van der Waals surface area (Å²) in [5, 5.41) is 6.63. The summed E-state index contributed by atoms with van der Waals surface area (Å²) in [6, 6.07) is 3.71. The maximum Gasteiger partial charge on any atom is 0.191 e. The second-order valence-corrected chi connectivity index (χ2v) is 5.66. The standard InChI is InChI=1S/C13H15BrFN3O/c1-16-13(17-7-2-3-7)18-11-6-19-12-5-10(15)9(14)4-8(11)12/h4-5,7,11H,2-3,6H2,1H3,(H2,16,17,18). The molecule has 0 amide bonds. The molecule has 1 atom stereocenters. The zero-order valence-corrected chi connectivity index (χ0v) is 12.1. The first kappa shape index (κ1) is 12.7. The minimum Gasteiger partial charge on any atom is -0.491 e. The summed E-state index contributed by atoms with van der Waals surface area (Å²) in [5.41, 5.74) is 0.951. The van der Waals surface area contributed by atoms with Crippen molar-refractivity contribution < 1.29 is 9.13 Å². The average molecular weight is 328 g/mol. The lowest BCUT2D eigenvalue weighted by Gasteiger charge is -2.16. The van der Waals surface area contributed by atoms with Crippen LogP contribution in [0, 0.1) is 5.82 Å². The van der Waals surface area contributed by atoms with Crippen molar-refractivity contribution in [1.29, 1.82) is 0 Å². The van der Waals surface area contributed by atoms with E-state index in [9.17, 15) is 4.39 Å². The molecule has 0 radical (unpaired) electrons. The van der Waals surface area contributed by atoms with Crippen LogP contribution >= 0.6 is 15.9 Å². The van der Waals surface area contributed by atoms with Crippen molar-refractivity contribution in [3.63, 3.8) is 0 Å². The first-order valence-electron chi connectivity index (χ1n) is 6.29. The van der Waals surface area contributed by atoms with Crippen LogP contribution in [0.3, 0.4) is 0 Å². The van der Waals surface area contributed by atoms with Gasteiger partial charge >= 0.3 is 0 Å². The van der Waals surface area contributed by atoms with Crippen molar-refractivity contribution in [2.45, 2.75) is 24.9 Å². The van der Waals surface area contributed by atoms with Gasteiger partial charge in [-0.25, -0.2) is 4.39 Å². The average Bonchev–Trinajstić information content (AvgIpc) is 3.13. The van der Waals surface area contributed by atoms with Gasteiger partial charge in [-0.3, -0.25) is 4.99 Å². The van der Waals surface area contributed by atoms with Crippen LogP contribution in [0.1, 0.15) is 24.4 Å². The Kier molecular flexibility index (Phi) is 3.35. The summed E-state index contributed by atoms with van der Waals surface area (Å²) in [7, 11) is 1.75. The van der Waals surface area contributed by atoms with Gasteiger partial charge in [0.25, 0.3) is 0 Å². The lowest BCUT2D eigenvalue weighted by molar-refractivity contribution is 0.322. The van der Waals surface area contributed by atoms with Crippen molar-refractivity contribution >= 4 is 21.9 Å². The molecular weight excluding hydrogens is 313 g/mol. The fourth-order valence-electron chi connectivity index (χ4n) is 2.08. The maximum absolute atomic E-state index is 13.4. The molecule has 0 aromatic heterocycles. The third kappa shape index (κ3) is 2.68. The summed E-state index contributed by atoms with van der Waals surface area (Å²) in [5.74, 6) is 1.06. The largest absolute Gasteiger partial charge is 0.491 e. The molecule has 1 aliphatic heterocycles. The van der Waals surface area contributed by atoms with Crippen LogP contribution in [-0.2, 0) is 0 Å². The second kappa shape index (κ2) is 5.00. The monoisotopic (exact) mass is 327 g/mol. The summed E-state index contributed by atoms with van der Waals surface area (Å²) in [4.78, 5) is 4.20. The number of nitrogens with zero attached hydrogens (tertiary/aromatic N) is 1. The van der Waals surface area contributed by atoms with E-state index >= 15 is 0 Å². The molecule has 0 saturated heterocycles. The van der Waals surface area contributed by atoms with Crippen LogP contribution in [0.4, 0.5) is 4.39 Å². The Morgan fingerprint density at radius 1 is 1.42 bits per heavy atom. The van der Waals surface area contributed by atoms with E-state index in [1.54, 1.807) is 13.1 Å². The van der Waals surface area contributed by atoms with Gasteiger partial charge in [0, 0.05) is 24.7 Å². The number of aliphatic imine (C=N–C) groups is 1. The number of ether oxygens (including phenoxy) is 1. The highest BCUT2D eigenvalue weighted by molar-refractivity contribution is 9.10. The Hall–Kier alpha value is -1.30. The first-order valence-corrected chi connectivity index (χ1v) is 7.08. The molecule has 6 heteroatoms. The fraction of sp³-hybridized carbons (Fsp3) is 0.462. The molecule has 1 unspecified atom stereocenters. The molecular formula is C13H15BrFN3O. The number of nitrogens with one attached hydrogen (secondary N) is 2. The van der Waals surface area contributed by atoms with Crippen molar-refractivity contribution in [3.8, 4) is 5.75 Å². The number of halogens is 2. The van der Waals surface area contributed by atoms with Gasteiger partial charge < -0.3 is 15.4 Å². The van der Waals surface area contributed by atoms with Gasteiger partial charge in [-0.1, -0.05) is 0 Å². The zero-order chi connectivity index (χ0) is 13.4. The predicted octanol–water partition coefficient (Wildman–Crippen LogP) is 2.35. The topological polar surface area (TPSA) is 45.7 Å². The molecule has 102 valence electrons. The van der Waals surface area contributed by atoms with E-state index in [0.29, 0.717) is 22.9 Å². The molecule has 19 heavy (non-hydrogen) atoms. The van der Waals surface area contributed by atoms with Crippen LogP contribution in [-0.4, -0.2) is 25.7 Å². The number of guanidine groups is 1. The van der Waals surface area contributed by atoms with Crippen molar-refractivity contribution in [1.82, 2.24) is 10.6 Å². The Balaban J connectivity index is 1.76.